The molecule has 4 nitrogen and oxygen atoms in total. The van der Waals surface area contributed by atoms with E-state index in [1.54, 1.807) is 12.1 Å². The summed E-state index contributed by atoms with van der Waals surface area (Å²) in [5.41, 5.74) is 2.71. The highest BCUT2D eigenvalue weighted by Crippen LogP contribution is 2.40. The standard InChI is InChI=1S/C23H27ClN2O2/c24-21-12-18(23(27)28)6-7-19(21)15-26-10-8-16(9-11-26)14-25-22-13-20(22)17-4-2-1-3-5-17/h1-7,12,16,20,22,25H,8-11,13-15H2,(H,27,28)/t20-,22+/m0/s1. The number of carbonyl (C=O) groups is 1. The highest BCUT2D eigenvalue weighted by Gasteiger charge is 2.38. The van der Waals surface area contributed by atoms with E-state index >= 15 is 0 Å². The van der Waals surface area contributed by atoms with Crippen LogP contribution in [0.15, 0.2) is 48.5 Å². The number of nitrogens with one attached hydrogen (secondary N) is 1. The quantitative estimate of drug-likeness (QED) is 0.726. The minimum absolute atomic E-state index is 0.243. The second-order valence-corrected chi connectivity index (χ2v) is 8.51. The summed E-state index contributed by atoms with van der Waals surface area (Å²) in [6.07, 6.45) is 3.65. The monoisotopic (exact) mass is 398 g/mol. The molecule has 1 aliphatic heterocycles. The van der Waals surface area contributed by atoms with Crippen molar-refractivity contribution < 1.29 is 9.90 Å². The van der Waals surface area contributed by atoms with Crippen LogP contribution in [0.1, 0.15) is 46.7 Å². The third kappa shape index (κ3) is 4.75. The molecule has 2 aliphatic rings. The van der Waals surface area contributed by atoms with Gasteiger partial charge in [0.1, 0.15) is 0 Å². The lowest BCUT2D eigenvalue weighted by atomic mass is 9.96. The zero-order chi connectivity index (χ0) is 19.5. The van der Waals surface area contributed by atoms with Crippen molar-refractivity contribution in [2.24, 2.45) is 5.92 Å². The molecular weight excluding hydrogens is 372 g/mol. The van der Waals surface area contributed by atoms with Crippen LogP contribution in [0.5, 0.6) is 0 Å². The Hall–Kier alpha value is -1.88. The molecule has 0 spiro atoms. The molecule has 0 amide bonds. The summed E-state index contributed by atoms with van der Waals surface area (Å²) in [5, 5.41) is 13.4. The van der Waals surface area contributed by atoms with Crippen LogP contribution in [0.3, 0.4) is 0 Å². The summed E-state index contributed by atoms with van der Waals surface area (Å²) >= 11 is 6.28. The van der Waals surface area contributed by atoms with Crippen molar-refractivity contribution in [2.45, 2.75) is 37.8 Å². The van der Waals surface area contributed by atoms with Crippen LogP contribution in [0.4, 0.5) is 0 Å². The number of halogens is 1. The number of aromatic carboxylic acids is 1. The van der Waals surface area contributed by atoms with Gasteiger partial charge in [0.05, 0.1) is 5.56 Å². The van der Waals surface area contributed by atoms with E-state index in [2.05, 4.69) is 40.5 Å². The Morgan fingerprint density at radius 2 is 1.89 bits per heavy atom. The van der Waals surface area contributed by atoms with Crippen molar-refractivity contribution in [2.75, 3.05) is 19.6 Å². The molecule has 0 unspecified atom stereocenters. The van der Waals surface area contributed by atoms with Crippen molar-refractivity contribution in [1.29, 1.82) is 0 Å². The van der Waals surface area contributed by atoms with Crippen molar-refractivity contribution >= 4 is 17.6 Å². The number of hydrogen-bond acceptors (Lipinski definition) is 3. The topological polar surface area (TPSA) is 52.6 Å². The third-order valence-electron chi connectivity index (χ3n) is 6.09. The fourth-order valence-corrected chi connectivity index (χ4v) is 4.45. The Bertz CT molecular complexity index is 819. The summed E-state index contributed by atoms with van der Waals surface area (Å²) in [6.45, 7) is 4.03. The average Bonchev–Trinajstić information content (AvgIpc) is 3.49. The van der Waals surface area contributed by atoms with Crippen LogP contribution in [-0.2, 0) is 6.54 Å². The van der Waals surface area contributed by atoms with Gasteiger partial charge in [-0.05, 0) is 68.1 Å². The molecule has 2 N–H and O–H groups in total. The highest BCUT2D eigenvalue weighted by atomic mass is 35.5. The van der Waals surface area contributed by atoms with E-state index in [1.165, 1.54) is 24.8 Å². The average molecular weight is 399 g/mol. The Balaban J connectivity index is 1.20. The minimum Gasteiger partial charge on any atom is -0.478 e. The second-order valence-electron chi connectivity index (χ2n) is 8.10. The maximum Gasteiger partial charge on any atom is 0.335 e. The molecule has 1 saturated carbocycles. The van der Waals surface area contributed by atoms with Crippen LogP contribution in [0, 0.1) is 5.92 Å². The fourth-order valence-electron chi connectivity index (χ4n) is 4.21. The molecule has 148 valence electrons. The Morgan fingerprint density at radius 1 is 1.14 bits per heavy atom. The lowest BCUT2D eigenvalue weighted by Crippen LogP contribution is -2.37. The smallest absolute Gasteiger partial charge is 0.335 e. The number of benzene rings is 2. The molecule has 2 atom stereocenters. The van der Waals surface area contributed by atoms with Crippen LogP contribution in [-0.4, -0.2) is 41.7 Å². The van der Waals surface area contributed by atoms with Crippen molar-refractivity contribution in [3.63, 3.8) is 0 Å². The van der Waals surface area contributed by atoms with Gasteiger partial charge in [-0.2, -0.15) is 0 Å². The molecule has 0 radical (unpaired) electrons. The van der Waals surface area contributed by atoms with E-state index < -0.39 is 5.97 Å². The summed E-state index contributed by atoms with van der Waals surface area (Å²) in [5.74, 6) is 0.488. The summed E-state index contributed by atoms with van der Waals surface area (Å²) in [7, 11) is 0. The molecule has 1 saturated heterocycles. The molecule has 0 bridgehead atoms. The molecule has 1 heterocycles. The first-order valence-corrected chi connectivity index (χ1v) is 10.5. The summed E-state index contributed by atoms with van der Waals surface area (Å²) < 4.78 is 0. The Labute approximate surface area is 171 Å². The highest BCUT2D eigenvalue weighted by molar-refractivity contribution is 6.31. The lowest BCUT2D eigenvalue weighted by molar-refractivity contribution is 0.0697. The van der Waals surface area contributed by atoms with E-state index in [0.29, 0.717) is 17.0 Å². The maximum absolute atomic E-state index is 11.0. The molecular formula is C23H27ClN2O2. The molecule has 2 fully saturated rings. The minimum atomic E-state index is -0.938. The van der Waals surface area contributed by atoms with Gasteiger partial charge in [0.15, 0.2) is 0 Å². The predicted octanol–water partition coefficient (Wildman–Crippen LogP) is 4.40. The van der Waals surface area contributed by atoms with Crippen LogP contribution >= 0.6 is 11.6 Å². The Kier molecular flexibility index (Phi) is 6.00. The second kappa shape index (κ2) is 8.64. The van der Waals surface area contributed by atoms with Gasteiger partial charge in [0.2, 0.25) is 0 Å². The largest absolute Gasteiger partial charge is 0.478 e. The lowest BCUT2D eigenvalue weighted by Gasteiger charge is -2.32. The fraction of sp³-hybridized carbons (Fsp3) is 0.435. The number of carboxylic acids is 1. The first-order valence-electron chi connectivity index (χ1n) is 10.1. The van der Waals surface area contributed by atoms with Crippen LogP contribution < -0.4 is 5.32 Å². The number of hydrogen-bond donors (Lipinski definition) is 2. The predicted molar refractivity (Wildman–Crippen MR) is 112 cm³/mol. The molecule has 2 aromatic rings. The summed E-state index contributed by atoms with van der Waals surface area (Å²) in [6, 6.07) is 16.5. The van der Waals surface area contributed by atoms with Gasteiger partial charge in [-0.1, -0.05) is 48.0 Å². The van der Waals surface area contributed by atoms with E-state index in [-0.39, 0.29) is 5.56 Å². The van der Waals surface area contributed by atoms with Crippen molar-refractivity contribution in [3.8, 4) is 0 Å². The van der Waals surface area contributed by atoms with Gasteiger partial charge < -0.3 is 10.4 Å². The number of nitrogens with zero attached hydrogens (tertiary/aromatic N) is 1. The number of likely N-dealkylation sites (tertiary alicyclic amines) is 1. The number of rotatable bonds is 7. The molecule has 2 aromatic carbocycles. The first kappa shape index (κ1) is 19.4. The van der Waals surface area contributed by atoms with Gasteiger partial charge in [-0.25, -0.2) is 4.79 Å². The van der Waals surface area contributed by atoms with E-state index in [1.807, 2.05) is 6.07 Å². The number of piperidine rings is 1. The third-order valence-corrected chi connectivity index (χ3v) is 6.44. The maximum atomic E-state index is 11.0. The molecule has 4 rings (SSSR count). The zero-order valence-corrected chi connectivity index (χ0v) is 16.7. The molecule has 5 heteroatoms. The van der Waals surface area contributed by atoms with Gasteiger partial charge >= 0.3 is 5.97 Å². The first-order chi connectivity index (χ1) is 13.6. The van der Waals surface area contributed by atoms with Gasteiger partial charge in [-0.15, -0.1) is 0 Å². The van der Waals surface area contributed by atoms with E-state index in [4.69, 9.17) is 16.7 Å². The van der Waals surface area contributed by atoms with Gasteiger partial charge in [0, 0.05) is 23.5 Å². The van der Waals surface area contributed by atoms with Crippen molar-refractivity contribution in [1.82, 2.24) is 10.2 Å². The van der Waals surface area contributed by atoms with E-state index in [9.17, 15) is 4.79 Å². The van der Waals surface area contributed by atoms with Crippen LogP contribution in [0.2, 0.25) is 5.02 Å². The van der Waals surface area contributed by atoms with E-state index in [0.717, 1.165) is 37.7 Å². The van der Waals surface area contributed by atoms with Gasteiger partial charge in [-0.3, -0.25) is 4.90 Å². The normalized spacial score (nSPS) is 22.9. The molecule has 1 aliphatic carbocycles. The number of carboxylic acid groups (broad SMARTS) is 1. The van der Waals surface area contributed by atoms with Crippen molar-refractivity contribution in [3.05, 3.63) is 70.2 Å². The molecule has 0 aromatic heterocycles. The molecule has 28 heavy (non-hydrogen) atoms. The Morgan fingerprint density at radius 3 is 2.57 bits per heavy atom. The van der Waals surface area contributed by atoms with Gasteiger partial charge in [0.25, 0.3) is 0 Å². The summed E-state index contributed by atoms with van der Waals surface area (Å²) in [4.78, 5) is 13.4. The van der Waals surface area contributed by atoms with Crippen LogP contribution in [0.25, 0.3) is 0 Å². The zero-order valence-electron chi connectivity index (χ0n) is 16.0. The SMILES string of the molecule is O=C(O)c1ccc(CN2CCC(CN[C@@H]3C[C@H]3c3ccccc3)CC2)c(Cl)c1.